The summed E-state index contributed by atoms with van der Waals surface area (Å²) in [5, 5.41) is 1.55. The van der Waals surface area contributed by atoms with E-state index in [2.05, 4.69) is 50.8 Å². The molecule has 1 aromatic carbocycles. The van der Waals surface area contributed by atoms with Gasteiger partial charge in [0.15, 0.2) is 0 Å². The molecule has 1 rings (SSSR count). The second-order valence-corrected chi connectivity index (χ2v) is 10.1. The predicted molar refractivity (Wildman–Crippen MR) is 66.8 cm³/mol. The number of nitrogens with two attached hydrogens (primary N) is 1. The van der Waals surface area contributed by atoms with Gasteiger partial charge in [0.05, 0.1) is 8.07 Å². The van der Waals surface area contributed by atoms with Crippen LogP contribution in [0.2, 0.25) is 19.6 Å². The zero-order valence-electron chi connectivity index (χ0n) is 9.67. The Kier molecular flexibility index (Phi) is 3.51. The third-order valence-corrected chi connectivity index (χ3v) is 4.47. The molecule has 0 aliphatic heterocycles. The highest BCUT2D eigenvalue weighted by atomic mass is 28.3. The standard InChI is InChI=1S/C12H21NSi/c1-10(13)9-11-7-5-6-8-12(11)14(2,3)4/h5-8,10H,9,13H2,1-4H3. The summed E-state index contributed by atoms with van der Waals surface area (Å²) < 4.78 is 0. The van der Waals surface area contributed by atoms with E-state index >= 15 is 0 Å². The van der Waals surface area contributed by atoms with Gasteiger partial charge in [0.2, 0.25) is 0 Å². The average molecular weight is 207 g/mol. The number of hydrogen-bond donors (Lipinski definition) is 1. The lowest BCUT2D eigenvalue weighted by atomic mass is 10.1. The second kappa shape index (κ2) is 4.28. The summed E-state index contributed by atoms with van der Waals surface area (Å²) >= 11 is 0. The van der Waals surface area contributed by atoms with Crippen LogP contribution in [0, 0.1) is 0 Å². The van der Waals surface area contributed by atoms with E-state index in [1.807, 2.05) is 0 Å². The van der Waals surface area contributed by atoms with Crippen molar-refractivity contribution in [2.24, 2.45) is 5.73 Å². The van der Waals surface area contributed by atoms with Crippen LogP contribution in [0.3, 0.4) is 0 Å². The van der Waals surface area contributed by atoms with Crippen LogP contribution in [0.25, 0.3) is 0 Å². The molecule has 1 aromatic rings. The minimum Gasteiger partial charge on any atom is -0.328 e. The van der Waals surface area contributed by atoms with Crippen LogP contribution in [-0.4, -0.2) is 14.1 Å². The van der Waals surface area contributed by atoms with E-state index < -0.39 is 8.07 Å². The van der Waals surface area contributed by atoms with E-state index in [1.54, 1.807) is 5.19 Å². The van der Waals surface area contributed by atoms with Gasteiger partial charge in [-0.3, -0.25) is 0 Å². The largest absolute Gasteiger partial charge is 0.328 e. The highest BCUT2D eigenvalue weighted by Crippen LogP contribution is 2.08. The third-order valence-electron chi connectivity index (χ3n) is 2.37. The first-order valence-corrected chi connectivity index (χ1v) is 8.75. The molecule has 0 heterocycles. The van der Waals surface area contributed by atoms with Crippen LogP contribution >= 0.6 is 0 Å². The van der Waals surface area contributed by atoms with Crippen molar-refractivity contribution in [2.75, 3.05) is 0 Å². The first kappa shape index (κ1) is 11.5. The van der Waals surface area contributed by atoms with Crippen molar-refractivity contribution in [3.05, 3.63) is 29.8 Å². The van der Waals surface area contributed by atoms with Crippen molar-refractivity contribution in [3.63, 3.8) is 0 Å². The lowest BCUT2D eigenvalue weighted by molar-refractivity contribution is 0.740. The molecule has 78 valence electrons. The zero-order chi connectivity index (χ0) is 10.8. The number of benzene rings is 1. The van der Waals surface area contributed by atoms with Crippen molar-refractivity contribution >= 4 is 13.3 Å². The van der Waals surface area contributed by atoms with Gasteiger partial charge in [-0.25, -0.2) is 0 Å². The predicted octanol–water partition coefficient (Wildman–Crippen LogP) is 2.12. The lowest BCUT2D eigenvalue weighted by Crippen LogP contribution is -2.41. The summed E-state index contributed by atoms with van der Waals surface area (Å²) in [6, 6.07) is 8.99. The topological polar surface area (TPSA) is 26.0 Å². The molecule has 1 atom stereocenters. The van der Waals surface area contributed by atoms with Crippen LogP contribution in [0.5, 0.6) is 0 Å². The Labute approximate surface area is 88.3 Å². The van der Waals surface area contributed by atoms with Gasteiger partial charge in [-0.05, 0) is 18.9 Å². The van der Waals surface area contributed by atoms with Gasteiger partial charge < -0.3 is 5.73 Å². The molecule has 0 aromatic heterocycles. The Morgan fingerprint density at radius 3 is 2.29 bits per heavy atom. The summed E-state index contributed by atoms with van der Waals surface area (Å²) in [5.41, 5.74) is 7.30. The number of rotatable bonds is 3. The molecule has 0 amide bonds. The van der Waals surface area contributed by atoms with Crippen molar-refractivity contribution in [2.45, 2.75) is 39.0 Å². The summed E-state index contributed by atoms with van der Waals surface area (Å²) in [5.74, 6) is 0. The molecular weight excluding hydrogens is 186 g/mol. The van der Waals surface area contributed by atoms with Gasteiger partial charge in [0, 0.05) is 6.04 Å². The van der Waals surface area contributed by atoms with Crippen molar-refractivity contribution < 1.29 is 0 Å². The van der Waals surface area contributed by atoms with Crippen molar-refractivity contribution in [1.82, 2.24) is 0 Å². The fraction of sp³-hybridized carbons (Fsp3) is 0.500. The molecule has 2 heteroatoms. The Hall–Kier alpha value is -0.603. The van der Waals surface area contributed by atoms with Gasteiger partial charge in [-0.2, -0.15) is 0 Å². The summed E-state index contributed by atoms with van der Waals surface area (Å²) in [4.78, 5) is 0. The Morgan fingerprint density at radius 1 is 1.21 bits per heavy atom. The van der Waals surface area contributed by atoms with Crippen LogP contribution in [0.4, 0.5) is 0 Å². The highest BCUT2D eigenvalue weighted by molar-refractivity contribution is 6.89. The molecule has 0 spiro atoms. The first-order chi connectivity index (χ1) is 6.41. The fourth-order valence-corrected chi connectivity index (χ4v) is 3.52. The van der Waals surface area contributed by atoms with E-state index in [4.69, 9.17) is 5.73 Å². The maximum Gasteiger partial charge on any atom is 0.0779 e. The van der Waals surface area contributed by atoms with Gasteiger partial charge in [0.25, 0.3) is 0 Å². The smallest absolute Gasteiger partial charge is 0.0779 e. The van der Waals surface area contributed by atoms with Gasteiger partial charge >= 0.3 is 0 Å². The summed E-state index contributed by atoms with van der Waals surface area (Å²) in [6.45, 7) is 9.22. The molecule has 0 aliphatic rings. The summed E-state index contributed by atoms with van der Waals surface area (Å²) in [7, 11) is -1.20. The Bertz CT molecular complexity index is 299. The molecule has 2 N–H and O–H groups in total. The second-order valence-electron chi connectivity index (χ2n) is 5.09. The van der Waals surface area contributed by atoms with Gasteiger partial charge in [0.1, 0.15) is 0 Å². The van der Waals surface area contributed by atoms with E-state index in [0.29, 0.717) is 0 Å². The third kappa shape index (κ3) is 2.96. The van der Waals surface area contributed by atoms with Crippen LogP contribution in [-0.2, 0) is 6.42 Å². The molecule has 0 saturated heterocycles. The van der Waals surface area contributed by atoms with Gasteiger partial charge in [-0.1, -0.05) is 49.1 Å². The Morgan fingerprint density at radius 2 is 1.79 bits per heavy atom. The monoisotopic (exact) mass is 207 g/mol. The Balaban J connectivity index is 3.04. The molecule has 1 unspecified atom stereocenters. The van der Waals surface area contributed by atoms with E-state index in [0.717, 1.165) is 6.42 Å². The molecule has 0 saturated carbocycles. The quantitative estimate of drug-likeness (QED) is 0.755. The molecular formula is C12H21NSi. The SMILES string of the molecule is CC(N)Cc1ccccc1[Si](C)(C)C. The molecule has 14 heavy (non-hydrogen) atoms. The summed E-state index contributed by atoms with van der Waals surface area (Å²) in [6.07, 6.45) is 1.00. The number of hydrogen-bond acceptors (Lipinski definition) is 1. The molecule has 0 aliphatic carbocycles. The van der Waals surface area contributed by atoms with E-state index in [-0.39, 0.29) is 6.04 Å². The molecule has 1 nitrogen and oxygen atoms in total. The highest BCUT2D eigenvalue weighted by Gasteiger charge is 2.19. The van der Waals surface area contributed by atoms with Crippen LogP contribution < -0.4 is 10.9 Å². The van der Waals surface area contributed by atoms with Crippen LogP contribution in [0.1, 0.15) is 12.5 Å². The maximum absolute atomic E-state index is 5.85. The van der Waals surface area contributed by atoms with Crippen molar-refractivity contribution in [1.29, 1.82) is 0 Å². The van der Waals surface area contributed by atoms with E-state index in [9.17, 15) is 0 Å². The molecule has 0 fully saturated rings. The minimum absolute atomic E-state index is 0.257. The zero-order valence-corrected chi connectivity index (χ0v) is 10.7. The van der Waals surface area contributed by atoms with Gasteiger partial charge in [-0.15, -0.1) is 0 Å². The first-order valence-electron chi connectivity index (χ1n) is 5.25. The lowest BCUT2D eigenvalue weighted by Gasteiger charge is -2.21. The maximum atomic E-state index is 5.85. The molecule has 0 radical (unpaired) electrons. The van der Waals surface area contributed by atoms with Crippen molar-refractivity contribution in [3.8, 4) is 0 Å². The normalized spacial score (nSPS) is 14.1. The average Bonchev–Trinajstić information content (AvgIpc) is 2.01. The van der Waals surface area contributed by atoms with Crippen LogP contribution in [0.15, 0.2) is 24.3 Å². The fourth-order valence-electron chi connectivity index (χ4n) is 1.78. The minimum atomic E-state index is -1.20. The molecule has 0 bridgehead atoms. The van der Waals surface area contributed by atoms with E-state index in [1.165, 1.54) is 5.56 Å².